The van der Waals surface area contributed by atoms with Gasteiger partial charge in [0.05, 0.1) is 11.6 Å². The van der Waals surface area contributed by atoms with Gasteiger partial charge in [0, 0.05) is 37.8 Å². The van der Waals surface area contributed by atoms with Crippen molar-refractivity contribution >= 4 is 28.9 Å². The van der Waals surface area contributed by atoms with Crippen LogP contribution in [-0.4, -0.2) is 101 Å². The van der Waals surface area contributed by atoms with E-state index in [1.807, 2.05) is 19.0 Å². The summed E-state index contributed by atoms with van der Waals surface area (Å²) in [4.78, 5) is 45.3. The molecule has 5 rings (SSSR count). The van der Waals surface area contributed by atoms with Crippen molar-refractivity contribution in [1.29, 1.82) is 0 Å². The van der Waals surface area contributed by atoms with Gasteiger partial charge in [-0.15, -0.1) is 0 Å². The van der Waals surface area contributed by atoms with Crippen LogP contribution in [0.2, 0.25) is 0 Å². The fraction of sp³-hybridized carbons (Fsp3) is 0.567. The molecule has 6 N–H and O–H groups in total. The van der Waals surface area contributed by atoms with Crippen molar-refractivity contribution in [1.82, 2.24) is 9.80 Å². The minimum absolute atomic E-state index is 0.0652. The Morgan fingerprint density at radius 2 is 1.71 bits per heavy atom. The Hall–Kier alpha value is -3.41. The summed E-state index contributed by atoms with van der Waals surface area (Å²) in [7, 11) is 6.97. The number of likely N-dealkylation sites (N-methyl/N-ethyl adjacent to an activating group) is 1. The highest BCUT2D eigenvalue weighted by Crippen LogP contribution is 2.54. The summed E-state index contributed by atoms with van der Waals surface area (Å²) in [5.41, 5.74) is 4.35. The molecule has 3 aliphatic carbocycles. The number of phenolic OH excluding ortho intramolecular Hbond substituents is 1. The van der Waals surface area contributed by atoms with Crippen LogP contribution in [0.5, 0.6) is 5.75 Å². The maximum Gasteiger partial charge on any atom is 0.255 e. The molecular formula is C30H40N4O7. The first-order valence-electron chi connectivity index (χ1n) is 14.2. The first-order chi connectivity index (χ1) is 19.3. The predicted octanol–water partition coefficient (Wildman–Crippen LogP) is 1.41. The molecule has 0 unspecified atom stereocenters. The molecular weight excluding hydrogens is 528 g/mol. The number of phenols is 1. The molecule has 1 saturated heterocycles. The highest BCUT2D eigenvalue weighted by molar-refractivity contribution is 6.24. The summed E-state index contributed by atoms with van der Waals surface area (Å²) in [6.07, 6.45) is 4.94. The molecule has 1 saturated carbocycles. The second-order valence-corrected chi connectivity index (χ2v) is 12.3. The second kappa shape index (κ2) is 10.5. The number of rotatable bonds is 5. The Balaban J connectivity index is 1.67. The molecule has 1 heterocycles. The predicted molar refractivity (Wildman–Crippen MR) is 152 cm³/mol. The molecule has 1 aromatic carbocycles. The number of carbonyl (C=O) groups is 3. The Bertz CT molecular complexity index is 1370. The Morgan fingerprint density at radius 3 is 2.27 bits per heavy atom. The average molecular weight is 569 g/mol. The number of fused-ring (bicyclic) bond motifs is 3. The number of Topliss-reactive ketones (excluding diaryl/α,β-unsaturated/α-hetero) is 2. The van der Waals surface area contributed by atoms with E-state index in [1.165, 1.54) is 17.7 Å². The summed E-state index contributed by atoms with van der Waals surface area (Å²) in [6.45, 7) is 2.55. The summed E-state index contributed by atoms with van der Waals surface area (Å²) in [5, 5.41) is 45.5. The molecule has 4 atom stereocenters. The number of aromatic hydroxyl groups is 1. The van der Waals surface area contributed by atoms with E-state index in [-0.39, 0.29) is 29.7 Å². The highest BCUT2D eigenvalue weighted by atomic mass is 16.3. The van der Waals surface area contributed by atoms with Gasteiger partial charge in [-0.05, 0) is 76.0 Å². The summed E-state index contributed by atoms with van der Waals surface area (Å²) in [5.74, 6) is -6.45. The van der Waals surface area contributed by atoms with Gasteiger partial charge < -0.3 is 31.1 Å². The summed E-state index contributed by atoms with van der Waals surface area (Å²) in [6, 6.07) is 0.522. The first-order valence-corrected chi connectivity index (χ1v) is 14.2. The monoisotopic (exact) mass is 568 g/mol. The van der Waals surface area contributed by atoms with Gasteiger partial charge in [0.25, 0.3) is 5.91 Å². The van der Waals surface area contributed by atoms with Crippen LogP contribution in [-0.2, 0) is 27.3 Å². The van der Waals surface area contributed by atoms with E-state index in [9.17, 15) is 34.8 Å². The molecule has 4 aliphatic rings. The van der Waals surface area contributed by atoms with Gasteiger partial charge in [0.1, 0.15) is 22.8 Å². The molecule has 1 amide bonds. The fourth-order valence-corrected chi connectivity index (χ4v) is 7.58. The molecule has 0 spiro atoms. The van der Waals surface area contributed by atoms with Gasteiger partial charge in [0.15, 0.2) is 11.4 Å². The second-order valence-electron chi connectivity index (χ2n) is 12.3. The van der Waals surface area contributed by atoms with E-state index >= 15 is 0 Å². The Labute approximate surface area is 239 Å². The van der Waals surface area contributed by atoms with Crippen LogP contribution >= 0.6 is 0 Å². The first kappa shape index (κ1) is 29.1. The lowest BCUT2D eigenvalue weighted by atomic mass is 9.57. The summed E-state index contributed by atoms with van der Waals surface area (Å²) >= 11 is 0. The number of nitrogens with two attached hydrogens (primary N) is 1. The lowest BCUT2D eigenvalue weighted by molar-refractivity contribution is -0.153. The van der Waals surface area contributed by atoms with Crippen LogP contribution in [0.1, 0.15) is 48.8 Å². The lowest BCUT2D eigenvalue weighted by Gasteiger charge is -2.50. The number of likely N-dealkylation sites (tertiary alicyclic amines) is 1. The average Bonchev–Trinajstić information content (AvgIpc) is 3.14. The van der Waals surface area contributed by atoms with Crippen molar-refractivity contribution in [2.45, 2.75) is 56.7 Å². The zero-order valence-corrected chi connectivity index (χ0v) is 24.1. The number of ketones is 2. The Morgan fingerprint density at radius 1 is 1.07 bits per heavy atom. The van der Waals surface area contributed by atoms with Crippen LogP contribution in [0.25, 0.3) is 5.76 Å². The van der Waals surface area contributed by atoms with Crippen molar-refractivity contribution in [2.75, 3.05) is 46.2 Å². The maximum atomic E-state index is 14.0. The van der Waals surface area contributed by atoms with E-state index in [0.717, 1.165) is 37.2 Å². The standard InChI is InChI=1S/C30H40N4O7/c1-32(2)23-16(14-34-9-7-5-6-8-10-34)13-19(35)21-17(23)11-15-12-18-24(33(3)4)26(37)22(29(31)40)28(39)30(18,41)27(38)20(15)25(21)36/h13,15,18,24,35-36,39,41H,5-12,14H2,1-4H3,(H2,31,40)/t15-,18-,24-,30-/m0/s1. The third-order valence-electron chi connectivity index (χ3n) is 9.31. The number of hydrogen-bond donors (Lipinski definition) is 5. The van der Waals surface area contributed by atoms with Crippen LogP contribution < -0.4 is 10.6 Å². The molecule has 0 bridgehead atoms. The van der Waals surface area contributed by atoms with E-state index in [4.69, 9.17) is 5.73 Å². The normalized spacial score (nSPS) is 28.8. The fourth-order valence-electron chi connectivity index (χ4n) is 7.58. The zero-order chi connectivity index (χ0) is 30.0. The Kier molecular flexibility index (Phi) is 7.42. The number of benzene rings is 1. The number of hydrogen-bond acceptors (Lipinski definition) is 10. The van der Waals surface area contributed by atoms with E-state index in [2.05, 4.69) is 4.90 Å². The molecule has 222 valence electrons. The molecule has 11 heteroatoms. The van der Waals surface area contributed by atoms with Gasteiger partial charge >= 0.3 is 0 Å². The van der Waals surface area contributed by atoms with Gasteiger partial charge in [-0.3, -0.25) is 24.2 Å². The van der Waals surface area contributed by atoms with Gasteiger partial charge in [-0.1, -0.05) is 12.8 Å². The quantitative estimate of drug-likeness (QED) is 0.328. The molecule has 11 nitrogen and oxygen atoms in total. The highest BCUT2D eigenvalue weighted by Gasteiger charge is 2.64. The third kappa shape index (κ3) is 4.41. The van der Waals surface area contributed by atoms with Crippen molar-refractivity contribution < 1.29 is 34.8 Å². The van der Waals surface area contributed by atoms with Crippen molar-refractivity contribution in [3.8, 4) is 5.75 Å². The van der Waals surface area contributed by atoms with E-state index < -0.39 is 58.0 Å². The van der Waals surface area contributed by atoms with Crippen LogP contribution in [0, 0.1) is 11.8 Å². The van der Waals surface area contributed by atoms with Crippen LogP contribution in [0.15, 0.2) is 23.0 Å². The van der Waals surface area contributed by atoms with Gasteiger partial charge in [-0.25, -0.2) is 0 Å². The van der Waals surface area contributed by atoms with Crippen molar-refractivity contribution in [3.05, 3.63) is 39.7 Å². The maximum absolute atomic E-state index is 14.0. The van der Waals surface area contributed by atoms with Crippen molar-refractivity contribution in [2.24, 2.45) is 17.6 Å². The number of nitrogens with zero attached hydrogens (tertiary/aromatic N) is 3. The topological polar surface area (TPSA) is 168 Å². The smallest absolute Gasteiger partial charge is 0.255 e. The van der Waals surface area contributed by atoms with Crippen LogP contribution in [0.3, 0.4) is 0 Å². The number of aliphatic hydroxyl groups is 3. The minimum Gasteiger partial charge on any atom is -0.508 e. The van der Waals surface area contributed by atoms with Crippen molar-refractivity contribution in [3.63, 3.8) is 0 Å². The number of aliphatic hydroxyl groups excluding tert-OH is 2. The molecule has 1 aliphatic heterocycles. The van der Waals surface area contributed by atoms with E-state index in [0.29, 0.717) is 12.1 Å². The lowest BCUT2D eigenvalue weighted by Crippen LogP contribution is -2.65. The van der Waals surface area contributed by atoms with E-state index in [1.54, 1.807) is 20.2 Å². The zero-order valence-electron chi connectivity index (χ0n) is 24.1. The largest absolute Gasteiger partial charge is 0.508 e. The molecule has 1 aromatic rings. The van der Waals surface area contributed by atoms with Gasteiger partial charge in [-0.2, -0.15) is 0 Å². The number of carbonyl (C=O) groups excluding carboxylic acids is 3. The SMILES string of the molecule is CN(C)c1c(CN2CCCCCC2)cc(O)c2c1C[C@H]1C[C@H]3[C@H](N(C)C)C(=O)C(C(N)=O)=C(O)[C@@]3(O)C(=O)C1=C2O. The summed E-state index contributed by atoms with van der Waals surface area (Å²) < 4.78 is 0. The molecule has 2 fully saturated rings. The number of amides is 1. The molecule has 0 radical (unpaired) electrons. The number of primary amides is 1. The minimum atomic E-state index is -2.64. The third-order valence-corrected chi connectivity index (χ3v) is 9.31. The van der Waals surface area contributed by atoms with Gasteiger partial charge in [0.2, 0.25) is 5.78 Å². The number of anilines is 1. The van der Waals surface area contributed by atoms with Crippen LogP contribution in [0.4, 0.5) is 5.69 Å². The molecule has 41 heavy (non-hydrogen) atoms. The molecule has 0 aromatic heterocycles.